The summed E-state index contributed by atoms with van der Waals surface area (Å²) >= 11 is 0. The molecule has 2 heterocycles. The summed E-state index contributed by atoms with van der Waals surface area (Å²) in [7, 11) is 0. The number of aliphatic hydroxyl groups is 1. The number of carbonyl (C=O) groups is 1. The Kier molecular flexibility index (Phi) is 3.03. The molecule has 0 saturated carbocycles. The highest BCUT2D eigenvalue weighted by molar-refractivity contribution is 5.99. The van der Waals surface area contributed by atoms with Gasteiger partial charge in [0.2, 0.25) is 0 Å². The second-order valence-electron chi connectivity index (χ2n) is 3.29. The number of carbonyl (C=O) groups excluding carboxylic acids is 1. The van der Waals surface area contributed by atoms with Gasteiger partial charge in [0, 0.05) is 35.9 Å². The zero-order valence-electron chi connectivity index (χ0n) is 8.45. The molecule has 1 N–H and O–H groups in total. The number of ketones is 1. The lowest BCUT2D eigenvalue weighted by Gasteiger charge is -2.08. The van der Waals surface area contributed by atoms with Crippen LogP contribution in [0.25, 0.3) is 0 Å². The number of hydrogen-bond donors (Lipinski definition) is 1. The van der Waals surface area contributed by atoms with Gasteiger partial charge in [-0.3, -0.25) is 14.8 Å². The second-order valence-corrected chi connectivity index (χ2v) is 3.29. The first-order valence-electron chi connectivity index (χ1n) is 4.81. The fourth-order valence-corrected chi connectivity index (χ4v) is 1.36. The molecule has 0 spiro atoms. The van der Waals surface area contributed by atoms with Crippen molar-refractivity contribution >= 4 is 5.78 Å². The van der Waals surface area contributed by atoms with Crippen LogP contribution in [0.1, 0.15) is 22.0 Å². The van der Waals surface area contributed by atoms with Gasteiger partial charge in [0.1, 0.15) is 6.10 Å². The summed E-state index contributed by atoms with van der Waals surface area (Å²) in [5.41, 5.74) is 0.871. The SMILES string of the molecule is O=C(c1cccnc1)C(O)c1cccnc1. The van der Waals surface area contributed by atoms with Crippen molar-refractivity contribution in [1.29, 1.82) is 0 Å². The van der Waals surface area contributed by atoms with E-state index >= 15 is 0 Å². The summed E-state index contributed by atoms with van der Waals surface area (Å²) in [6.07, 6.45) is 4.89. The van der Waals surface area contributed by atoms with Gasteiger partial charge in [0.05, 0.1) is 0 Å². The number of pyridine rings is 2. The molecule has 0 aliphatic heterocycles. The van der Waals surface area contributed by atoms with Crippen LogP contribution in [0.3, 0.4) is 0 Å². The van der Waals surface area contributed by atoms with Crippen molar-refractivity contribution in [3.63, 3.8) is 0 Å². The zero-order valence-corrected chi connectivity index (χ0v) is 8.45. The molecule has 0 amide bonds. The maximum atomic E-state index is 11.8. The fourth-order valence-electron chi connectivity index (χ4n) is 1.36. The summed E-state index contributed by atoms with van der Waals surface area (Å²) in [6, 6.07) is 6.61. The zero-order chi connectivity index (χ0) is 11.4. The Morgan fingerprint density at radius 1 is 1.12 bits per heavy atom. The Morgan fingerprint density at radius 3 is 2.38 bits per heavy atom. The molecular formula is C12H10N2O2. The molecule has 4 nitrogen and oxygen atoms in total. The van der Waals surface area contributed by atoms with Crippen LogP contribution in [0.4, 0.5) is 0 Å². The lowest BCUT2D eigenvalue weighted by Crippen LogP contribution is -2.12. The second kappa shape index (κ2) is 4.63. The number of hydrogen-bond acceptors (Lipinski definition) is 4. The topological polar surface area (TPSA) is 63.1 Å². The molecule has 0 saturated heterocycles. The molecular weight excluding hydrogens is 204 g/mol. The lowest BCUT2D eigenvalue weighted by molar-refractivity contribution is 0.0746. The predicted octanol–water partition coefficient (Wildman–Crippen LogP) is 1.39. The van der Waals surface area contributed by atoms with Gasteiger partial charge in [-0.1, -0.05) is 6.07 Å². The van der Waals surface area contributed by atoms with Crippen molar-refractivity contribution in [2.45, 2.75) is 6.10 Å². The molecule has 1 atom stereocenters. The van der Waals surface area contributed by atoms with Gasteiger partial charge in [-0.15, -0.1) is 0 Å². The molecule has 2 aromatic rings. The number of Topliss-reactive ketones (excluding diaryl/α,β-unsaturated/α-hetero) is 1. The van der Waals surface area contributed by atoms with Crippen LogP contribution in [0.2, 0.25) is 0 Å². The van der Waals surface area contributed by atoms with E-state index in [9.17, 15) is 9.90 Å². The van der Waals surface area contributed by atoms with E-state index in [-0.39, 0.29) is 5.78 Å². The van der Waals surface area contributed by atoms with Crippen LogP contribution in [0, 0.1) is 0 Å². The van der Waals surface area contributed by atoms with Crippen LogP contribution in [-0.2, 0) is 0 Å². The molecule has 0 radical (unpaired) electrons. The van der Waals surface area contributed by atoms with Gasteiger partial charge >= 0.3 is 0 Å². The molecule has 2 aromatic heterocycles. The molecule has 0 aliphatic carbocycles. The normalized spacial score (nSPS) is 12.1. The van der Waals surface area contributed by atoms with Gasteiger partial charge in [0.15, 0.2) is 5.78 Å². The van der Waals surface area contributed by atoms with Crippen molar-refractivity contribution in [2.24, 2.45) is 0 Å². The maximum Gasteiger partial charge on any atom is 0.197 e. The highest BCUT2D eigenvalue weighted by Gasteiger charge is 2.18. The molecule has 0 bridgehead atoms. The van der Waals surface area contributed by atoms with Crippen LogP contribution in [-0.4, -0.2) is 20.9 Å². The summed E-state index contributed by atoms with van der Waals surface area (Å²) in [5.74, 6) is -0.374. The molecule has 4 heteroatoms. The van der Waals surface area contributed by atoms with E-state index in [1.165, 1.54) is 12.4 Å². The molecule has 80 valence electrons. The smallest absolute Gasteiger partial charge is 0.197 e. The number of aliphatic hydroxyl groups excluding tert-OH is 1. The largest absolute Gasteiger partial charge is 0.380 e. The van der Waals surface area contributed by atoms with Crippen LogP contribution >= 0.6 is 0 Å². The van der Waals surface area contributed by atoms with Crippen molar-refractivity contribution in [3.8, 4) is 0 Å². The van der Waals surface area contributed by atoms with Gasteiger partial charge in [-0.2, -0.15) is 0 Å². The minimum atomic E-state index is -1.18. The van der Waals surface area contributed by atoms with Crippen molar-refractivity contribution < 1.29 is 9.90 Å². The lowest BCUT2D eigenvalue weighted by atomic mass is 10.0. The number of aromatic nitrogens is 2. The van der Waals surface area contributed by atoms with E-state index in [1.54, 1.807) is 36.7 Å². The minimum absolute atomic E-state index is 0.374. The van der Waals surface area contributed by atoms with Crippen molar-refractivity contribution in [2.75, 3.05) is 0 Å². The first-order valence-corrected chi connectivity index (χ1v) is 4.81. The first-order chi connectivity index (χ1) is 7.79. The summed E-state index contributed by atoms with van der Waals surface area (Å²) in [5, 5.41) is 9.83. The molecule has 16 heavy (non-hydrogen) atoms. The van der Waals surface area contributed by atoms with E-state index in [0.717, 1.165) is 0 Å². The molecule has 2 rings (SSSR count). The molecule has 0 aliphatic rings. The Hall–Kier alpha value is -2.07. The first kappa shape index (κ1) is 10.4. The van der Waals surface area contributed by atoms with Gasteiger partial charge in [-0.05, 0) is 18.2 Å². The van der Waals surface area contributed by atoms with Gasteiger partial charge in [0.25, 0.3) is 0 Å². The molecule has 0 aromatic carbocycles. The Bertz CT molecular complexity index is 471. The standard InChI is InChI=1S/C12H10N2O2/c15-11(9-3-1-5-13-7-9)12(16)10-4-2-6-14-8-10/h1-8,11,15H. The quantitative estimate of drug-likeness (QED) is 0.784. The minimum Gasteiger partial charge on any atom is -0.380 e. The van der Waals surface area contributed by atoms with Gasteiger partial charge in [-0.25, -0.2) is 0 Å². The van der Waals surface area contributed by atoms with E-state index < -0.39 is 6.10 Å². The average Bonchev–Trinajstić information content (AvgIpc) is 2.39. The van der Waals surface area contributed by atoms with Gasteiger partial charge < -0.3 is 5.11 Å². The third kappa shape index (κ3) is 2.12. The van der Waals surface area contributed by atoms with E-state index in [4.69, 9.17) is 0 Å². The molecule has 0 fully saturated rings. The highest BCUT2D eigenvalue weighted by atomic mass is 16.3. The highest BCUT2D eigenvalue weighted by Crippen LogP contribution is 2.16. The number of rotatable bonds is 3. The third-order valence-corrected chi connectivity index (χ3v) is 2.19. The summed E-state index contributed by atoms with van der Waals surface area (Å²) < 4.78 is 0. The van der Waals surface area contributed by atoms with Crippen molar-refractivity contribution in [1.82, 2.24) is 9.97 Å². The monoisotopic (exact) mass is 214 g/mol. The maximum absolute atomic E-state index is 11.8. The fraction of sp³-hybridized carbons (Fsp3) is 0.0833. The average molecular weight is 214 g/mol. The van der Waals surface area contributed by atoms with Crippen molar-refractivity contribution in [3.05, 3.63) is 60.2 Å². The summed E-state index contributed by atoms with van der Waals surface area (Å²) in [4.78, 5) is 19.5. The number of nitrogens with zero attached hydrogens (tertiary/aromatic N) is 2. The van der Waals surface area contributed by atoms with E-state index in [1.807, 2.05) is 0 Å². The summed E-state index contributed by atoms with van der Waals surface area (Å²) in [6.45, 7) is 0. The van der Waals surface area contributed by atoms with Crippen LogP contribution in [0.5, 0.6) is 0 Å². The van der Waals surface area contributed by atoms with Crippen LogP contribution in [0.15, 0.2) is 49.1 Å². The third-order valence-electron chi connectivity index (χ3n) is 2.19. The van der Waals surface area contributed by atoms with E-state index in [0.29, 0.717) is 11.1 Å². The predicted molar refractivity (Wildman–Crippen MR) is 57.8 cm³/mol. The Balaban J connectivity index is 2.24. The Labute approximate surface area is 92.6 Å². The molecule has 1 unspecified atom stereocenters. The van der Waals surface area contributed by atoms with E-state index in [2.05, 4.69) is 9.97 Å². The van der Waals surface area contributed by atoms with Crippen LogP contribution < -0.4 is 0 Å². The Morgan fingerprint density at radius 2 is 1.81 bits per heavy atom.